The van der Waals surface area contributed by atoms with Gasteiger partial charge in [0.25, 0.3) is 0 Å². The molecule has 0 aliphatic heterocycles. The van der Waals surface area contributed by atoms with Crippen LogP contribution in [0, 0.1) is 0 Å². The van der Waals surface area contributed by atoms with Crippen molar-refractivity contribution < 1.29 is 0 Å². The van der Waals surface area contributed by atoms with E-state index in [9.17, 15) is 0 Å². The molecule has 0 saturated carbocycles. The molecule has 0 rings (SSSR count). The molecule has 14 heavy (non-hydrogen) atoms. The lowest BCUT2D eigenvalue weighted by molar-refractivity contribution is 0.408. The van der Waals surface area contributed by atoms with Gasteiger partial charge in [-0.25, -0.2) is 0 Å². The summed E-state index contributed by atoms with van der Waals surface area (Å²) in [6, 6.07) is 0.606. The van der Waals surface area contributed by atoms with Crippen molar-refractivity contribution in [2.45, 2.75) is 71.4 Å². The molecule has 1 unspecified atom stereocenters. The van der Waals surface area contributed by atoms with Crippen LogP contribution in [0.15, 0.2) is 0 Å². The minimum Gasteiger partial charge on any atom is -0.324 e. The molecule has 0 aromatic carbocycles. The normalized spacial score (nSPS) is 14.4. The average molecular weight is 200 g/mol. The summed E-state index contributed by atoms with van der Waals surface area (Å²) in [4.78, 5) is 0. The maximum atomic E-state index is 5.90. The first kappa shape index (κ1) is 13.9. The molecule has 2 nitrogen and oxygen atoms in total. The molecule has 0 fully saturated rings. The summed E-state index contributed by atoms with van der Waals surface area (Å²) >= 11 is 0. The van der Waals surface area contributed by atoms with Gasteiger partial charge in [0.2, 0.25) is 0 Å². The lowest BCUT2D eigenvalue weighted by Gasteiger charge is -2.22. The van der Waals surface area contributed by atoms with Crippen LogP contribution >= 0.6 is 0 Å². The zero-order valence-electron chi connectivity index (χ0n) is 10.4. The Kier molecular flexibility index (Phi) is 7.20. The first-order valence-corrected chi connectivity index (χ1v) is 5.98. The Morgan fingerprint density at radius 3 is 2.36 bits per heavy atom. The third kappa shape index (κ3) is 10.0. The molecule has 86 valence electrons. The molecule has 0 aliphatic rings. The van der Waals surface area contributed by atoms with Crippen molar-refractivity contribution in [2.75, 3.05) is 6.54 Å². The van der Waals surface area contributed by atoms with E-state index in [0.717, 1.165) is 6.54 Å². The third-order valence-corrected chi connectivity index (χ3v) is 2.40. The van der Waals surface area contributed by atoms with Crippen LogP contribution in [0.25, 0.3) is 0 Å². The predicted octanol–water partition coefficient (Wildman–Crippen LogP) is 2.67. The van der Waals surface area contributed by atoms with E-state index in [1.165, 1.54) is 32.1 Å². The Morgan fingerprint density at radius 1 is 1.21 bits per heavy atom. The second kappa shape index (κ2) is 7.24. The fourth-order valence-electron chi connectivity index (χ4n) is 1.42. The Balaban J connectivity index is 3.32. The number of hydrogen-bond acceptors (Lipinski definition) is 2. The molecule has 0 bridgehead atoms. The zero-order chi connectivity index (χ0) is 11.0. The Morgan fingerprint density at radius 2 is 1.86 bits per heavy atom. The smallest absolute Gasteiger partial charge is 0.0223 e. The summed E-state index contributed by atoms with van der Waals surface area (Å²) < 4.78 is 0. The maximum absolute atomic E-state index is 5.90. The second-order valence-corrected chi connectivity index (χ2v) is 5.12. The van der Waals surface area contributed by atoms with E-state index in [2.05, 4.69) is 33.0 Å². The summed E-state index contributed by atoms with van der Waals surface area (Å²) in [7, 11) is 0. The van der Waals surface area contributed by atoms with E-state index in [4.69, 9.17) is 5.73 Å². The van der Waals surface area contributed by atoms with Crippen molar-refractivity contribution >= 4 is 0 Å². The van der Waals surface area contributed by atoms with E-state index >= 15 is 0 Å². The van der Waals surface area contributed by atoms with E-state index < -0.39 is 0 Å². The summed E-state index contributed by atoms with van der Waals surface area (Å²) in [6.07, 6.45) is 6.67. The molecule has 0 amide bonds. The largest absolute Gasteiger partial charge is 0.324 e. The van der Waals surface area contributed by atoms with Gasteiger partial charge in [-0.2, -0.15) is 0 Å². The van der Waals surface area contributed by atoms with Gasteiger partial charge in [-0.05, 0) is 27.2 Å². The minimum absolute atomic E-state index is 0.0856. The van der Waals surface area contributed by atoms with E-state index in [1.807, 2.05) is 0 Å². The molecule has 0 spiro atoms. The zero-order valence-corrected chi connectivity index (χ0v) is 10.4. The molecule has 0 saturated heterocycles. The first-order chi connectivity index (χ1) is 6.45. The lowest BCUT2D eigenvalue weighted by atomic mass is 10.1. The van der Waals surface area contributed by atoms with Gasteiger partial charge in [0, 0.05) is 18.1 Å². The van der Waals surface area contributed by atoms with Gasteiger partial charge in [0.05, 0.1) is 0 Å². The Hall–Kier alpha value is -0.0800. The van der Waals surface area contributed by atoms with E-state index in [-0.39, 0.29) is 5.54 Å². The van der Waals surface area contributed by atoms with Gasteiger partial charge in [-0.3, -0.25) is 0 Å². The van der Waals surface area contributed by atoms with Gasteiger partial charge < -0.3 is 11.1 Å². The standard InChI is InChI=1S/C12H28N2/c1-5-6-7-8-9-11(2)14-10-12(3,4)13/h11,14H,5-10,13H2,1-4H3. The van der Waals surface area contributed by atoms with Crippen molar-refractivity contribution in [1.29, 1.82) is 0 Å². The number of rotatable bonds is 8. The second-order valence-electron chi connectivity index (χ2n) is 5.12. The van der Waals surface area contributed by atoms with Crippen LogP contribution in [0.1, 0.15) is 59.8 Å². The van der Waals surface area contributed by atoms with Gasteiger partial charge in [0.15, 0.2) is 0 Å². The van der Waals surface area contributed by atoms with Crippen molar-refractivity contribution in [1.82, 2.24) is 5.32 Å². The maximum Gasteiger partial charge on any atom is 0.0223 e. The minimum atomic E-state index is -0.0856. The summed E-state index contributed by atoms with van der Waals surface area (Å²) in [5, 5.41) is 3.47. The topological polar surface area (TPSA) is 38.0 Å². The highest BCUT2D eigenvalue weighted by Crippen LogP contribution is 2.05. The number of hydrogen-bond donors (Lipinski definition) is 2. The van der Waals surface area contributed by atoms with Gasteiger partial charge in [0.1, 0.15) is 0 Å². The highest BCUT2D eigenvalue weighted by molar-refractivity contribution is 4.76. The van der Waals surface area contributed by atoms with E-state index in [0.29, 0.717) is 6.04 Å². The summed E-state index contributed by atoms with van der Waals surface area (Å²) in [6.45, 7) is 9.52. The van der Waals surface area contributed by atoms with Crippen molar-refractivity contribution in [3.8, 4) is 0 Å². The van der Waals surface area contributed by atoms with Crippen molar-refractivity contribution in [2.24, 2.45) is 5.73 Å². The summed E-state index contributed by atoms with van der Waals surface area (Å²) in [5.41, 5.74) is 5.81. The lowest BCUT2D eigenvalue weighted by Crippen LogP contribution is -2.45. The van der Waals surface area contributed by atoms with Gasteiger partial charge >= 0.3 is 0 Å². The molecule has 3 N–H and O–H groups in total. The quantitative estimate of drug-likeness (QED) is 0.591. The highest BCUT2D eigenvalue weighted by Gasteiger charge is 2.11. The van der Waals surface area contributed by atoms with Crippen LogP contribution in [0.5, 0.6) is 0 Å². The Bertz CT molecular complexity index is 127. The monoisotopic (exact) mass is 200 g/mol. The van der Waals surface area contributed by atoms with Crippen molar-refractivity contribution in [3.05, 3.63) is 0 Å². The molecule has 0 heterocycles. The highest BCUT2D eigenvalue weighted by atomic mass is 14.9. The van der Waals surface area contributed by atoms with Crippen molar-refractivity contribution in [3.63, 3.8) is 0 Å². The third-order valence-electron chi connectivity index (χ3n) is 2.40. The van der Waals surface area contributed by atoms with Crippen LogP contribution in [0.2, 0.25) is 0 Å². The van der Waals surface area contributed by atoms with Crippen LogP contribution in [-0.4, -0.2) is 18.1 Å². The predicted molar refractivity (Wildman–Crippen MR) is 64.5 cm³/mol. The average Bonchev–Trinajstić information content (AvgIpc) is 2.08. The molecule has 1 atom stereocenters. The number of nitrogens with one attached hydrogen (secondary N) is 1. The van der Waals surface area contributed by atoms with Crippen LogP contribution in [-0.2, 0) is 0 Å². The van der Waals surface area contributed by atoms with E-state index in [1.54, 1.807) is 0 Å². The van der Waals surface area contributed by atoms with Crippen LogP contribution < -0.4 is 11.1 Å². The molecule has 0 aromatic rings. The summed E-state index contributed by atoms with van der Waals surface area (Å²) in [5.74, 6) is 0. The molecule has 2 heteroatoms. The molecule has 0 aromatic heterocycles. The van der Waals surface area contributed by atoms with Gasteiger partial charge in [-0.1, -0.05) is 32.6 Å². The Labute approximate surface area is 89.6 Å². The van der Waals surface area contributed by atoms with Gasteiger partial charge in [-0.15, -0.1) is 0 Å². The number of unbranched alkanes of at least 4 members (excludes halogenated alkanes) is 3. The molecule has 0 aliphatic carbocycles. The van der Waals surface area contributed by atoms with Crippen LogP contribution in [0.3, 0.4) is 0 Å². The molecule has 0 radical (unpaired) electrons. The molecular formula is C12H28N2. The number of nitrogens with two attached hydrogens (primary N) is 1. The fourth-order valence-corrected chi connectivity index (χ4v) is 1.42. The first-order valence-electron chi connectivity index (χ1n) is 5.98. The van der Waals surface area contributed by atoms with Crippen LogP contribution in [0.4, 0.5) is 0 Å². The fraction of sp³-hybridized carbons (Fsp3) is 1.00. The molecular weight excluding hydrogens is 172 g/mol. The SMILES string of the molecule is CCCCCCC(C)NCC(C)(C)N.